The molecule has 1 atom stereocenters. The third kappa shape index (κ3) is 4.41. The summed E-state index contributed by atoms with van der Waals surface area (Å²) in [6, 6.07) is 12.6. The lowest BCUT2D eigenvalue weighted by atomic mass is 10.2. The molecule has 3 heterocycles. The Labute approximate surface area is 183 Å². The first-order chi connectivity index (χ1) is 14.9. The van der Waals surface area contributed by atoms with Crippen molar-refractivity contribution in [3.8, 4) is 0 Å². The van der Waals surface area contributed by atoms with Gasteiger partial charge in [-0.25, -0.2) is 9.67 Å². The van der Waals surface area contributed by atoms with Crippen LogP contribution in [0.5, 0.6) is 0 Å². The highest BCUT2D eigenvalue weighted by atomic mass is 32.2. The Morgan fingerprint density at radius 1 is 1.16 bits per heavy atom. The molecule has 0 fully saturated rings. The number of fused-ring (bicyclic) bond motifs is 1. The average molecular weight is 438 g/mol. The van der Waals surface area contributed by atoms with Crippen LogP contribution in [-0.4, -0.2) is 30.5 Å². The van der Waals surface area contributed by atoms with Gasteiger partial charge < -0.3 is 9.73 Å². The lowest BCUT2D eigenvalue weighted by Gasteiger charge is -2.17. The maximum absolute atomic E-state index is 13.2. The van der Waals surface area contributed by atoms with Crippen molar-refractivity contribution in [2.45, 2.75) is 43.8 Å². The highest BCUT2D eigenvalue weighted by Crippen LogP contribution is 2.25. The van der Waals surface area contributed by atoms with Gasteiger partial charge in [-0.2, -0.15) is 5.10 Å². The molecule has 3 aromatic heterocycles. The van der Waals surface area contributed by atoms with Crippen molar-refractivity contribution in [2.24, 2.45) is 0 Å². The molecule has 0 spiro atoms. The van der Waals surface area contributed by atoms with E-state index < -0.39 is 5.25 Å². The van der Waals surface area contributed by atoms with Crippen molar-refractivity contribution in [3.05, 3.63) is 71.0 Å². The number of furan rings is 1. The maximum atomic E-state index is 13.2. The zero-order valence-electron chi connectivity index (χ0n) is 17.5. The Balaban J connectivity index is 1.64. The fraction of sp³-hybridized carbons (Fsp3) is 0.273. The number of aromatic nitrogens is 4. The lowest BCUT2D eigenvalue weighted by Crippen LogP contribution is -2.28. The first kappa shape index (κ1) is 20.9. The van der Waals surface area contributed by atoms with Crippen molar-refractivity contribution >= 4 is 34.4 Å². The zero-order valence-corrected chi connectivity index (χ0v) is 18.3. The number of benzene rings is 1. The van der Waals surface area contributed by atoms with Crippen LogP contribution in [0.3, 0.4) is 0 Å². The number of rotatable bonds is 7. The van der Waals surface area contributed by atoms with E-state index in [0.29, 0.717) is 27.6 Å². The topological polar surface area (TPSA) is 94.9 Å². The highest BCUT2D eigenvalue weighted by Gasteiger charge is 2.21. The molecule has 0 bridgehead atoms. The van der Waals surface area contributed by atoms with Crippen LogP contribution < -0.4 is 10.9 Å². The van der Waals surface area contributed by atoms with E-state index in [1.165, 1.54) is 11.8 Å². The third-order valence-electron chi connectivity index (χ3n) is 4.78. The summed E-state index contributed by atoms with van der Waals surface area (Å²) in [7, 11) is 0. The van der Waals surface area contributed by atoms with Gasteiger partial charge in [0, 0.05) is 12.1 Å². The van der Waals surface area contributed by atoms with Gasteiger partial charge in [0.2, 0.25) is 5.91 Å². The Kier molecular flexibility index (Phi) is 5.94. The van der Waals surface area contributed by atoms with Gasteiger partial charge in [-0.3, -0.25) is 14.2 Å². The largest absolute Gasteiger partial charge is 0.467 e. The molecule has 1 aromatic carbocycles. The van der Waals surface area contributed by atoms with E-state index in [1.54, 1.807) is 59.0 Å². The van der Waals surface area contributed by atoms with E-state index in [2.05, 4.69) is 15.4 Å². The number of nitrogens with zero attached hydrogens (tertiary/aromatic N) is 4. The minimum Gasteiger partial charge on any atom is -0.467 e. The van der Waals surface area contributed by atoms with Crippen LogP contribution in [-0.2, 0) is 11.3 Å². The van der Waals surface area contributed by atoms with E-state index in [1.807, 2.05) is 26.0 Å². The SMILES string of the molecule is CC(Sc1nc2ccccc2c(=O)n1Cc1ccco1)C(=O)Nc1ccnn1C(C)C. The molecule has 8 nitrogen and oxygen atoms in total. The Morgan fingerprint density at radius 3 is 2.71 bits per heavy atom. The minimum absolute atomic E-state index is 0.119. The Morgan fingerprint density at radius 2 is 1.97 bits per heavy atom. The van der Waals surface area contributed by atoms with Crippen LogP contribution in [0, 0.1) is 0 Å². The summed E-state index contributed by atoms with van der Waals surface area (Å²) in [6.07, 6.45) is 3.22. The standard InChI is InChI=1S/C22H23N5O3S/c1-14(2)27-19(10-11-23-27)25-20(28)15(3)31-22-24-18-9-5-4-8-17(18)21(29)26(22)13-16-7-6-12-30-16/h4-12,14-15H,13H2,1-3H3,(H,25,28). The predicted molar refractivity (Wildman–Crippen MR) is 120 cm³/mol. The van der Waals surface area contributed by atoms with Gasteiger partial charge in [-0.05, 0) is 45.0 Å². The second kappa shape index (κ2) is 8.81. The third-order valence-corrected chi connectivity index (χ3v) is 5.87. The predicted octanol–water partition coefficient (Wildman–Crippen LogP) is 3.93. The molecule has 0 aliphatic carbocycles. The zero-order chi connectivity index (χ0) is 22.0. The van der Waals surface area contributed by atoms with Gasteiger partial charge >= 0.3 is 0 Å². The lowest BCUT2D eigenvalue weighted by molar-refractivity contribution is -0.115. The van der Waals surface area contributed by atoms with Gasteiger partial charge in [-0.15, -0.1) is 0 Å². The van der Waals surface area contributed by atoms with Gasteiger partial charge in [0.15, 0.2) is 5.16 Å². The second-order valence-corrected chi connectivity index (χ2v) is 8.69. The van der Waals surface area contributed by atoms with E-state index in [-0.39, 0.29) is 24.1 Å². The molecular weight excluding hydrogens is 414 g/mol. The van der Waals surface area contributed by atoms with Gasteiger partial charge in [0.25, 0.3) is 5.56 Å². The van der Waals surface area contributed by atoms with Crippen LogP contribution in [0.1, 0.15) is 32.6 Å². The molecule has 4 rings (SSSR count). The van der Waals surface area contributed by atoms with Crippen LogP contribution in [0.25, 0.3) is 10.9 Å². The number of nitrogens with one attached hydrogen (secondary N) is 1. The number of carbonyl (C=O) groups is 1. The summed E-state index contributed by atoms with van der Waals surface area (Å²) in [5.41, 5.74) is 0.422. The molecule has 31 heavy (non-hydrogen) atoms. The summed E-state index contributed by atoms with van der Waals surface area (Å²) >= 11 is 1.23. The first-order valence-corrected chi connectivity index (χ1v) is 10.8. The van der Waals surface area contributed by atoms with E-state index >= 15 is 0 Å². The van der Waals surface area contributed by atoms with Crippen LogP contribution in [0.15, 0.2) is 69.3 Å². The van der Waals surface area contributed by atoms with Crippen LogP contribution in [0.2, 0.25) is 0 Å². The maximum Gasteiger partial charge on any atom is 0.262 e. The fourth-order valence-electron chi connectivity index (χ4n) is 3.20. The van der Waals surface area contributed by atoms with Crippen molar-refractivity contribution in [2.75, 3.05) is 5.32 Å². The highest BCUT2D eigenvalue weighted by molar-refractivity contribution is 8.00. The van der Waals surface area contributed by atoms with E-state index in [0.717, 1.165) is 0 Å². The molecule has 0 aliphatic rings. The van der Waals surface area contributed by atoms with Gasteiger partial charge in [0.05, 0.1) is 35.2 Å². The molecule has 4 aromatic rings. The monoisotopic (exact) mass is 437 g/mol. The molecule has 0 radical (unpaired) electrons. The average Bonchev–Trinajstić information content (AvgIpc) is 3.43. The number of hydrogen-bond donors (Lipinski definition) is 1. The van der Waals surface area contributed by atoms with E-state index in [9.17, 15) is 9.59 Å². The summed E-state index contributed by atoms with van der Waals surface area (Å²) in [5.74, 6) is 1.07. The first-order valence-electron chi connectivity index (χ1n) is 9.97. The molecule has 1 unspecified atom stereocenters. The summed E-state index contributed by atoms with van der Waals surface area (Å²) in [6.45, 7) is 6.01. The molecule has 9 heteroatoms. The normalized spacial score (nSPS) is 12.4. The van der Waals surface area contributed by atoms with Gasteiger partial charge in [0.1, 0.15) is 11.6 Å². The van der Waals surface area contributed by atoms with Gasteiger partial charge in [-0.1, -0.05) is 23.9 Å². The fourth-order valence-corrected chi connectivity index (χ4v) is 4.11. The molecule has 1 N–H and O–H groups in total. The number of amides is 1. The summed E-state index contributed by atoms with van der Waals surface area (Å²) in [4.78, 5) is 30.7. The van der Waals surface area contributed by atoms with Crippen molar-refractivity contribution in [3.63, 3.8) is 0 Å². The number of para-hydroxylation sites is 1. The van der Waals surface area contributed by atoms with Crippen molar-refractivity contribution in [1.82, 2.24) is 19.3 Å². The second-order valence-electron chi connectivity index (χ2n) is 7.39. The molecule has 0 aliphatic heterocycles. The Bertz CT molecular complexity index is 1260. The molecule has 160 valence electrons. The quantitative estimate of drug-likeness (QED) is 0.348. The smallest absolute Gasteiger partial charge is 0.262 e. The summed E-state index contributed by atoms with van der Waals surface area (Å²) in [5, 5.41) is 7.65. The van der Waals surface area contributed by atoms with Crippen LogP contribution in [0.4, 0.5) is 5.82 Å². The molecular formula is C22H23N5O3S. The van der Waals surface area contributed by atoms with E-state index in [4.69, 9.17) is 4.42 Å². The molecule has 1 amide bonds. The Hall–Kier alpha value is -3.33. The van der Waals surface area contributed by atoms with Crippen molar-refractivity contribution in [1.29, 1.82) is 0 Å². The number of thioether (sulfide) groups is 1. The van der Waals surface area contributed by atoms with Crippen molar-refractivity contribution < 1.29 is 9.21 Å². The summed E-state index contributed by atoms with van der Waals surface area (Å²) < 4.78 is 8.73. The van der Waals surface area contributed by atoms with Crippen LogP contribution >= 0.6 is 11.8 Å². The number of carbonyl (C=O) groups excluding carboxylic acids is 1. The molecule has 0 saturated heterocycles. The number of anilines is 1. The minimum atomic E-state index is -0.494. The molecule has 0 saturated carbocycles. The number of hydrogen-bond acceptors (Lipinski definition) is 6.